The van der Waals surface area contributed by atoms with Crippen LogP contribution in [0.2, 0.25) is 0 Å². The molecular formula is C16H17BrN2O2. The summed E-state index contributed by atoms with van der Waals surface area (Å²) in [4.78, 5) is 11.9. The molecule has 0 saturated heterocycles. The number of aliphatic hydroxyl groups is 1. The van der Waals surface area contributed by atoms with Crippen LogP contribution in [0, 0.1) is 0 Å². The molecule has 0 aliphatic carbocycles. The van der Waals surface area contributed by atoms with Gasteiger partial charge in [-0.15, -0.1) is 0 Å². The van der Waals surface area contributed by atoms with Crippen molar-refractivity contribution in [3.05, 3.63) is 69.7 Å². The van der Waals surface area contributed by atoms with E-state index in [0.29, 0.717) is 17.7 Å². The van der Waals surface area contributed by atoms with Crippen LogP contribution >= 0.6 is 15.9 Å². The summed E-state index contributed by atoms with van der Waals surface area (Å²) >= 11 is 3.34. The smallest absolute Gasteiger partial charge is 0.251 e. The molecule has 1 amide bonds. The minimum absolute atomic E-state index is 0.0923. The summed E-state index contributed by atoms with van der Waals surface area (Å²) < 4.78 is 0.881. The molecule has 0 spiro atoms. The van der Waals surface area contributed by atoms with E-state index in [9.17, 15) is 9.90 Å². The van der Waals surface area contributed by atoms with Crippen LogP contribution in [0.1, 0.15) is 27.7 Å². The van der Waals surface area contributed by atoms with Gasteiger partial charge in [-0.1, -0.05) is 46.3 Å². The highest BCUT2D eigenvalue weighted by molar-refractivity contribution is 9.10. The second kappa shape index (κ2) is 7.36. The van der Waals surface area contributed by atoms with Crippen LogP contribution in [0.3, 0.4) is 0 Å². The largest absolute Gasteiger partial charge is 0.375 e. The number of nitrogens with two attached hydrogens (primary N) is 1. The Morgan fingerprint density at radius 2 is 1.95 bits per heavy atom. The minimum Gasteiger partial charge on any atom is -0.375 e. The van der Waals surface area contributed by atoms with Gasteiger partial charge in [0.2, 0.25) is 0 Å². The van der Waals surface area contributed by atoms with E-state index in [0.717, 1.165) is 16.5 Å². The minimum atomic E-state index is -0.949. The van der Waals surface area contributed by atoms with Crippen LogP contribution < -0.4 is 11.1 Å². The van der Waals surface area contributed by atoms with E-state index < -0.39 is 6.23 Å². The Labute approximate surface area is 132 Å². The van der Waals surface area contributed by atoms with E-state index in [1.807, 2.05) is 24.3 Å². The predicted molar refractivity (Wildman–Crippen MR) is 85.8 cm³/mol. The van der Waals surface area contributed by atoms with Gasteiger partial charge in [0.05, 0.1) is 0 Å². The first-order valence-corrected chi connectivity index (χ1v) is 7.42. The van der Waals surface area contributed by atoms with Gasteiger partial charge in [0.1, 0.15) is 6.23 Å². The summed E-state index contributed by atoms with van der Waals surface area (Å²) in [5, 5.41) is 12.1. The molecule has 0 aliphatic heterocycles. The van der Waals surface area contributed by atoms with Gasteiger partial charge in [-0.25, -0.2) is 0 Å². The molecule has 0 radical (unpaired) electrons. The summed E-state index contributed by atoms with van der Waals surface area (Å²) in [6.45, 7) is 0.551. The number of carbonyl (C=O) groups is 1. The molecule has 0 bridgehead atoms. The van der Waals surface area contributed by atoms with Gasteiger partial charge < -0.3 is 16.2 Å². The van der Waals surface area contributed by atoms with Crippen molar-refractivity contribution in [2.75, 3.05) is 6.54 Å². The Hall–Kier alpha value is -1.69. The molecule has 110 valence electrons. The fraction of sp³-hybridized carbons (Fsp3) is 0.188. The maximum atomic E-state index is 11.9. The van der Waals surface area contributed by atoms with Gasteiger partial charge in [-0.05, 0) is 35.7 Å². The highest BCUT2D eigenvalue weighted by Gasteiger charge is 2.05. The lowest BCUT2D eigenvalue weighted by Gasteiger charge is -2.08. The molecule has 0 aromatic heterocycles. The Kier molecular flexibility index (Phi) is 5.50. The first-order chi connectivity index (χ1) is 10.1. The molecule has 5 heteroatoms. The molecule has 0 aliphatic rings. The monoisotopic (exact) mass is 348 g/mol. The summed E-state index contributed by atoms with van der Waals surface area (Å²) in [6.07, 6.45) is -0.226. The maximum absolute atomic E-state index is 11.9. The second-order valence-corrected chi connectivity index (χ2v) is 5.62. The van der Waals surface area contributed by atoms with Crippen molar-refractivity contribution >= 4 is 21.8 Å². The van der Waals surface area contributed by atoms with Gasteiger partial charge in [0.15, 0.2) is 0 Å². The Balaban J connectivity index is 1.85. The summed E-state index contributed by atoms with van der Waals surface area (Å²) in [7, 11) is 0. The van der Waals surface area contributed by atoms with Crippen LogP contribution in [0.15, 0.2) is 53.0 Å². The lowest BCUT2D eigenvalue weighted by molar-refractivity contribution is 0.0954. The second-order valence-electron chi connectivity index (χ2n) is 4.70. The lowest BCUT2D eigenvalue weighted by atomic mass is 10.1. The van der Waals surface area contributed by atoms with E-state index >= 15 is 0 Å². The summed E-state index contributed by atoms with van der Waals surface area (Å²) in [5.41, 5.74) is 7.76. The van der Waals surface area contributed by atoms with Crippen molar-refractivity contribution in [2.24, 2.45) is 5.73 Å². The molecule has 2 rings (SSSR count). The molecular weight excluding hydrogens is 332 g/mol. The fourth-order valence-corrected chi connectivity index (χ4v) is 2.33. The van der Waals surface area contributed by atoms with Gasteiger partial charge in [-0.2, -0.15) is 0 Å². The van der Waals surface area contributed by atoms with E-state index in [1.165, 1.54) is 0 Å². The standard InChI is InChI=1S/C16H17BrN2O2/c17-14-3-1-2-13(10-14)16(21)19-9-8-11-4-6-12(7-5-11)15(18)20/h1-7,10,15,20H,8-9,18H2,(H,19,21). The average molecular weight is 349 g/mol. The zero-order valence-electron chi connectivity index (χ0n) is 11.4. The van der Waals surface area contributed by atoms with Crippen LogP contribution in [0.25, 0.3) is 0 Å². The van der Waals surface area contributed by atoms with Crippen molar-refractivity contribution in [1.29, 1.82) is 0 Å². The van der Waals surface area contributed by atoms with Gasteiger partial charge in [0, 0.05) is 16.6 Å². The number of amides is 1. The van der Waals surface area contributed by atoms with Gasteiger partial charge >= 0.3 is 0 Å². The molecule has 2 aromatic carbocycles. The normalized spacial score (nSPS) is 12.0. The third kappa shape index (κ3) is 4.67. The van der Waals surface area contributed by atoms with Crippen molar-refractivity contribution in [2.45, 2.75) is 12.6 Å². The fourth-order valence-electron chi connectivity index (χ4n) is 1.93. The zero-order chi connectivity index (χ0) is 15.2. The summed E-state index contributed by atoms with van der Waals surface area (Å²) in [5.74, 6) is -0.0923. The average Bonchev–Trinajstić information content (AvgIpc) is 2.47. The lowest BCUT2D eigenvalue weighted by Crippen LogP contribution is -2.25. The third-order valence-corrected chi connectivity index (χ3v) is 3.60. The quantitative estimate of drug-likeness (QED) is 0.726. The zero-order valence-corrected chi connectivity index (χ0v) is 13.0. The van der Waals surface area contributed by atoms with Crippen LogP contribution in [0.5, 0.6) is 0 Å². The molecule has 4 nitrogen and oxygen atoms in total. The molecule has 1 unspecified atom stereocenters. The Morgan fingerprint density at radius 1 is 1.24 bits per heavy atom. The molecule has 1 atom stereocenters. The van der Waals surface area contributed by atoms with Crippen molar-refractivity contribution in [3.8, 4) is 0 Å². The number of carbonyl (C=O) groups excluding carboxylic acids is 1. The Bertz CT molecular complexity index is 612. The number of aliphatic hydroxyl groups excluding tert-OH is 1. The number of benzene rings is 2. The number of hydrogen-bond acceptors (Lipinski definition) is 3. The molecule has 4 N–H and O–H groups in total. The first-order valence-electron chi connectivity index (χ1n) is 6.62. The molecule has 0 heterocycles. The molecule has 21 heavy (non-hydrogen) atoms. The van der Waals surface area contributed by atoms with Gasteiger partial charge in [-0.3, -0.25) is 4.79 Å². The Morgan fingerprint density at radius 3 is 2.57 bits per heavy atom. The van der Waals surface area contributed by atoms with Crippen LogP contribution in [-0.2, 0) is 6.42 Å². The van der Waals surface area contributed by atoms with Crippen molar-refractivity contribution in [3.63, 3.8) is 0 Å². The van der Waals surface area contributed by atoms with E-state index in [4.69, 9.17) is 5.73 Å². The van der Waals surface area contributed by atoms with Crippen LogP contribution in [0.4, 0.5) is 0 Å². The van der Waals surface area contributed by atoms with E-state index in [2.05, 4.69) is 21.2 Å². The molecule has 2 aromatic rings. The number of hydrogen-bond donors (Lipinski definition) is 3. The van der Waals surface area contributed by atoms with E-state index in [1.54, 1.807) is 24.3 Å². The SMILES string of the molecule is NC(O)c1ccc(CCNC(=O)c2cccc(Br)c2)cc1. The number of nitrogens with one attached hydrogen (secondary N) is 1. The molecule has 0 saturated carbocycles. The van der Waals surface area contributed by atoms with Crippen molar-refractivity contribution in [1.82, 2.24) is 5.32 Å². The predicted octanol–water partition coefficient (Wildman–Crippen LogP) is 2.37. The number of rotatable bonds is 5. The first kappa shape index (κ1) is 15.7. The van der Waals surface area contributed by atoms with Gasteiger partial charge in [0.25, 0.3) is 5.91 Å². The molecule has 0 fully saturated rings. The highest BCUT2D eigenvalue weighted by Crippen LogP contribution is 2.12. The summed E-state index contributed by atoms with van der Waals surface area (Å²) in [6, 6.07) is 14.6. The topological polar surface area (TPSA) is 75.3 Å². The number of halogens is 1. The highest BCUT2D eigenvalue weighted by atomic mass is 79.9. The van der Waals surface area contributed by atoms with Crippen molar-refractivity contribution < 1.29 is 9.90 Å². The maximum Gasteiger partial charge on any atom is 0.251 e. The van der Waals surface area contributed by atoms with E-state index in [-0.39, 0.29) is 5.91 Å². The van der Waals surface area contributed by atoms with Crippen LogP contribution in [-0.4, -0.2) is 17.6 Å². The third-order valence-electron chi connectivity index (χ3n) is 3.11.